The quantitative estimate of drug-likeness (QED) is 0.614. The van der Waals surface area contributed by atoms with E-state index in [4.69, 9.17) is 0 Å². The van der Waals surface area contributed by atoms with Crippen molar-refractivity contribution in [2.75, 3.05) is 0 Å². The second kappa shape index (κ2) is 2.97. The molecule has 1 aromatic rings. The third-order valence-electron chi connectivity index (χ3n) is 0.892. The molecular weight excluding hydrogens is 207 g/mol. The zero-order valence-electron chi connectivity index (χ0n) is 4.29. The summed E-state index contributed by atoms with van der Waals surface area (Å²) in [6.45, 7) is 0. The van der Waals surface area contributed by atoms with Crippen LogP contribution in [0.15, 0.2) is 30.3 Å². The van der Waals surface area contributed by atoms with E-state index in [-0.39, 0.29) is 0 Å². The Morgan fingerprint density at radius 3 is 2.12 bits per heavy atom. The van der Waals surface area contributed by atoms with Crippen molar-refractivity contribution in [3.8, 4) is 0 Å². The van der Waals surface area contributed by atoms with Gasteiger partial charge in [0.2, 0.25) is 0 Å². The van der Waals surface area contributed by atoms with Gasteiger partial charge in [0.1, 0.15) is 0 Å². The number of hydrogen-bond acceptors (Lipinski definition) is 1. The molecule has 39 valence electrons. The van der Waals surface area contributed by atoms with Gasteiger partial charge in [-0.1, -0.05) is 0 Å². The van der Waals surface area contributed by atoms with Crippen LogP contribution in [0, 0.1) is 0 Å². The summed E-state index contributed by atoms with van der Waals surface area (Å²) in [5.74, 6) is 0. The molecule has 0 aliphatic carbocycles. The molecule has 1 radical (unpaired) electrons. The van der Waals surface area contributed by atoms with Gasteiger partial charge in [-0.05, 0) is 0 Å². The molecule has 0 aliphatic heterocycles. The molecule has 0 unspecified atom stereocenters. The summed E-state index contributed by atoms with van der Waals surface area (Å²) in [6.07, 6.45) is 0. The van der Waals surface area contributed by atoms with Gasteiger partial charge in [-0.25, -0.2) is 0 Å². The topological polar surface area (TPSA) is 17.1 Å². The van der Waals surface area contributed by atoms with Crippen LogP contribution >= 0.6 is 0 Å². The molecule has 0 fully saturated rings. The van der Waals surface area contributed by atoms with Gasteiger partial charge in [0.25, 0.3) is 0 Å². The van der Waals surface area contributed by atoms with Gasteiger partial charge in [-0.3, -0.25) is 0 Å². The molecule has 0 saturated carbocycles. The molecule has 0 amide bonds. The Morgan fingerprint density at radius 2 is 1.75 bits per heavy atom. The Kier molecular flexibility index (Phi) is 2.21. The molecule has 0 aromatic heterocycles. The van der Waals surface area contributed by atoms with Gasteiger partial charge in [-0.15, -0.1) is 0 Å². The molecule has 8 heavy (non-hydrogen) atoms. The van der Waals surface area contributed by atoms with Gasteiger partial charge in [0.15, 0.2) is 0 Å². The summed E-state index contributed by atoms with van der Waals surface area (Å²) < 4.78 is 11.3. The van der Waals surface area contributed by atoms with Crippen LogP contribution in [0.25, 0.3) is 0 Å². The molecule has 0 N–H and O–H groups in total. The Bertz CT molecular complexity index is 171. The fraction of sp³-hybridized carbons (Fsp3) is 0. The van der Waals surface area contributed by atoms with E-state index in [1.807, 2.05) is 30.3 Å². The van der Waals surface area contributed by atoms with Gasteiger partial charge in [0, 0.05) is 0 Å². The third-order valence-corrected chi connectivity index (χ3v) is 2.52. The maximum atomic E-state index is 10.3. The molecule has 0 heterocycles. The van der Waals surface area contributed by atoms with Gasteiger partial charge >= 0.3 is 58.1 Å². The van der Waals surface area contributed by atoms with Crippen molar-refractivity contribution in [2.24, 2.45) is 0 Å². The zero-order valence-corrected chi connectivity index (χ0v) is 7.15. The SMILES string of the molecule is [O]=[Sn][c]1ccccc1. The predicted octanol–water partition coefficient (Wildman–Crippen LogP) is 0.362. The second-order valence-electron chi connectivity index (χ2n) is 1.47. The van der Waals surface area contributed by atoms with Crippen LogP contribution < -0.4 is 3.58 Å². The van der Waals surface area contributed by atoms with Gasteiger partial charge < -0.3 is 0 Å². The van der Waals surface area contributed by atoms with E-state index < -0.39 is 21.1 Å². The first-order chi connectivity index (χ1) is 3.93. The molecule has 1 nitrogen and oxygen atoms in total. The fourth-order valence-corrected chi connectivity index (χ4v) is 1.44. The van der Waals surface area contributed by atoms with Crippen LogP contribution in [-0.2, 0) is 3.08 Å². The maximum absolute atomic E-state index is 10.3. The van der Waals surface area contributed by atoms with Crippen molar-refractivity contribution in [1.82, 2.24) is 0 Å². The van der Waals surface area contributed by atoms with E-state index in [0.717, 1.165) is 3.58 Å². The molecule has 0 spiro atoms. The molecule has 2 heteroatoms. The van der Waals surface area contributed by atoms with Crippen molar-refractivity contribution >= 4 is 24.7 Å². The fourth-order valence-electron chi connectivity index (χ4n) is 0.506. The summed E-state index contributed by atoms with van der Waals surface area (Å²) in [7, 11) is 0. The minimum atomic E-state index is -1.39. The minimum absolute atomic E-state index is 1.02. The van der Waals surface area contributed by atoms with E-state index in [9.17, 15) is 3.08 Å². The first-order valence-corrected chi connectivity index (χ1v) is 4.96. The van der Waals surface area contributed by atoms with Crippen molar-refractivity contribution in [3.05, 3.63) is 30.3 Å². The van der Waals surface area contributed by atoms with Gasteiger partial charge in [0.05, 0.1) is 0 Å². The summed E-state index contributed by atoms with van der Waals surface area (Å²) >= 11 is -1.39. The van der Waals surface area contributed by atoms with Crippen molar-refractivity contribution < 1.29 is 3.08 Å². The average molecular weight is 212 g/mol. The third kappa shape index (κ3) is 1.40. The van der Waals surface area contributed by atoms with E-state index >= 15 is 0 Å². The average Bonchev–Trinajstić information content (AvgIpc) is 1.90. The first-order valence-electron chi connectivity index (χ1n) is 2.36. The van der Waals surface area contributed by atoms with Crippen LogP contribution in [-0.4, -0.2) is 21.1 Å². The summed E-state index contributed by atoms with van der Waals surface area (Å²) in [4.78, 5) is 0. The molecule has 0 bridgehead atoms. The summed E-state index contributed by atoms with van der Waals surface area (Å²) in [5, 5.41) is 0. The van der Waals surface area contributed by atoms with Crippen LogP contribution in [0.3, 0.4) is 0 Å². The van der Waals surface area contributed by atoms with Crippen molar-refractivity contribution in [3.63, 3.8) is 0 Å². The molecular formula is C6H5OSn. The first kappa shape index (κ1) is 5.95. The Morgan fingerprint density at radius 1 is 1.12 bits per heavy atom. The molecule has 1 rings (SSSR count). The summed E-state index contributed by atoms with van der Waals surface area (Å²) in [5.41, 5.74) is 0. The van der Waals surface area contributed by atoms with E-state index in [1.165, 1.54) is 0 Å². The Labute approximate surface area is 58.3 Å². The molecule has 0 saturated heterocycles. The van der Waals surface area contributed by atoms with E-state index in [1.54, 1.807) is 0 Å². The predicted molar refractivity (Wildman–Crippen MR) is 32.5 cm³/mol. The summed E-state index contributed by atoms with van der Waals surface area (Å²) in [6, 6.07) is 9.55. The normalized spacial score (nSPS) is 8.50. The van der Waals surface area contributed by atoms with Crippen LogP contribution in [0.1, 0.15) is 0 Å². The molecule has 0 aliphatic rings. The zero-order chi connectivity index (χ0) is 5.82. The molecule has 0 atom stereocenters. The van der Waals surface area contributed by atoms with E-state index in [0.29, 0.717) is 0 Å². The number of hydrogen-bond donors (Lipinski definition) is 0. The standard InChI is InChI=1S/C6H5.O.Sn/c1-2-4-6-5-3-1;;/h1-5H;;. The van der Waals surface area contributed by atoms with E-state index in [2.05, 4.69) is 0 Å². The second-order valence-corrected chi connectivity index (χ2v) is 3.70. The van der Waals surface area contributed by atoms with Crippen LogP contribution in [0.4, 0.5) is 0 Å². The van der Waals surface area contributed by atoms with Crippen LogP contribution in [0.5, 0.6) is 0 Å². The molecule has 1 aromatic carbocycles. The monoisotopic (exact) mass is 213 g/mol. The van der Waals surface area contributed by atoms with Crippen LogP contribution in [0.2, 0.25) is 0 Å². The van der Waals surface area contributed by atoms with Gasteiger partial charge in [-0.2, -0.15) is 0 Å². The number of benzene rings is 1. The number of rotatable bonds is 1. The Balaban J connectivity index is 2.99. The Hall–Kier alpha value is -0.181. The van der Waals surface area contributed by atoms with Crippen molar-refractivity contribution in [1.29, 1.82) is 0 Å². The van der Waals surface area contributed by atoms with Crippen molar-refractivity contribution in [2.45, 2.75) is 0 Å².